The Balaban J connectivity index is 1.27. The number of rotatable bonds is 3. The van der Waals surface area contributed by atoms with E-state index in [-0.39, 0.29) is 28.9 Å². The van der Waals surface area contributed by atoms with Crippen molar-refractivity contribution in [3.8, 4) is 22.8 Å². The number of phenols is 2. The summed E-state index contributed by atoms with van der Waals surface area (Å²) in [5, 5.41) is 39.9. The molecule has 170 valence electrons. The van der Waals surface area contributed by atoms with Crippen LogP contribution in [0.25, 0.3) is 11.3 Å². The number of benzene rings is 1. The van der Waals surface area contributed by atoms with Gasteiger partial charge in [0.15, 0.2) is 35.5 Å². The number of nitrogens with one attached hydrogen (secondary N) is 2. The Morgan fingerprint density at radius 2 is 2.03 bits per heavy atom. The van der Waals surface area contributed by atoms with Crippen molar-refractivity contribution >= 4 is 17.7 Å². The molecule has 1 fully saturated rings. The number of hydrogen-bond donors (Lipinski definition) is 4. The molecule has 0 radical (unpaired) electrons. The van der Waals surface area contributed by atoms with E-state index in [9.17, 15) is 29.4 Å². The molecule has 10 nitrogen and oxygen atoms in total. The van der Waals surface area contributed by atoms with Crippen molar-refractivity contribution in [3.63, 3.8) is 0 Å². The van der Waals surface area contributed by atoms with Gasteiger partial charge in [0.25, 0.3) is 0 Å². The predicted molar refractivity (Wildman–Crippen MR) is 110 cm³/mol. The second kappa shape index (κ2) is 7.47. The highest BCUT2D eigenvalue weighted by Crippen LogP contribution is 2.47. The Kier molecular flexibility index (Phi) is 4.69. The van der Waals surface area contributed by atoms with Crippen molar-refractivity contribution in [3.05, 3.63) is 58.8 Å². The summed E-state index contributed by atoms with van der Waals surface area (Å²) in [6, 6.07) is 5.28. The van der Waals surface area contributed by atoms with Crippen LogP contribution in [0, 0.1) is 16.9 Å². The fraction of sp³-hybridized carbons (Fsp3) is 0.273. The average molecular weight is 454 g/mol. The molecule has 1 spiro atoms. The fourth-order valence-corrected chi connectivity index (χ4v) is 4.54. The molecular weight excluding hydrogens is 435 g/mol. The number of H-pyrrole nitrogens is 1. The molecule has 1 aromatic carbocycles. The van der Waals surface area contributed by atoms with Gasteiger partial charge in [-0.25, -0.2) is 9.18 Å². The summed E-state index contributed by atoms with van der Waals surface area (Å²) < 4.78 is 20.5. The molecule has 1 aliphatic carbocycles. The molecule has 1 aliphatic heterocycles. The summed E-state index contributed by atoms with van der Waals surface area (Å²) in [4.78, 5) is 25.0. The number of hydrogen-bond acceptors (Lipinski definition) is 7. The van der Waals surface area contributed by atoms with Gasteiger partial charge in [0.2, 0.25) is 5.91 Å². The van der Waals surface area contributed by atoms with Gasteiger partial charge >= 0.3 is 5.97 Å². The Morgan fingerprint density at radius 1 is 1.27 bits per heavy atom. The molecule has 0 atom stereocenters. The lowest BCUT2D eigenvalue weighted by atomic mass is 9.75. The quantitative estimate of drug-likeness (QED) is 0.205. The molecule has 2 aliphatic rings. The van der Waals surface area contributed by atoms with Gasteiger partial charge in [-0.2, -0.15) is 9.83 Å². The number of anilines is 1. The zero-order valence-electron chi connectivity index (χ0n) is 17.2. The predicted octanol–water partition coefficient (Wildman–Crippen LogP) is 2.46. The minimum absolute atomic E-state index is 0.0183. The number of carbonyl (C=O) groups excluding carboxylic acids is 2. The second-order valence-electron chi connectivity index (χ2n) is 8.24. The third-order valence-electron chi connectivity index (χ3n) is 6.31. The highest BCUT2D eigenvalue weighted by molar-refractivity contribution is 5.95. The zero-order valence-corrected chi connectivity index (χ0v) is 17.2. The Bertz CT molecular complexity index is 1280. The van der Waals surface area contributed by atoms with E-state index < -0.39 is 28.9 Å². The summed E-state index contributed by atoms with van der Waals surface area (Å²) in [5.74, 6) is -3.41. The Morgan fingerprint density at radius 3 is 2.79 bits per heavy atom. The van der Waals surface area contributed by atoms with Crippen LogP contribution in [0.15, 0.2) is 36.7 Å². The number of nitrogens with zero attached hydrogens (tertiary/aromatic N) is 2. The maximum absolute atomic E-state index is 14.2. The van der Waals surface area contributed by atoms with E-state index in [1.165, 1.54) is 30.6 Å². The highest BCUT2D eigenvalue weighted by atomic mass is 19.1. The van der Waals surface area contributed by atoms with Gasteiger partial charge in [-0.15, -0.1) is 0 Å². The van der Waals surface area contributed by atoms with Crippen LogP contribution in [0.3, 0.4) is 0 Å². The normalized spacial score (nSPS) is 21.6. The first-order valence-electron chi connectivity index (χ1n) is 10.3. The first-order valence-corrected chi connectivity index (χ1v) is 10.3. The molecule has 3 heterocycles. The maximum atomic E-state index is 14.2. The summed E-state index contributed by atoms with van der Waals surface area (Å²) in [7, 11) is 0. The zero-order chi connectivity index (χ0) is 23.3. The molecule has 33 heavy (non-hydrogen) atoms. The fourth-order valence-electron chi connectivity index (χ4n) is 4.54. The lowest BCUT2D eigenvalue weighted by molar-refractivity contribution is -0.606. The van der Waals surface area contributed by atoms with Gasteiger partial charge in [-0.05, 0) is 37.8 Å². The number of aromatic nitrogens is 3. The SMILES string of the molecule is O=C1OC2(CCC(C(=O)Nc3cc(-c4ccc(O)c(O)c4F)[nH]n3)CC2)c2c[n+]([O-])ccc21. The van der Waals surface area contributed by atoms with Crippen LogP contribution in [-0.2, 0) is 15.1 Å². The van der Waals surface area contributed by atoms with Crippen LogP contribution >= 0.6 is 0 Å². The van der Waals surface area contributed by atoms with E-state index in [2.05, 4.69) is 15.5 Å². The van der Waals surface area contributed by atoms with Crippen molar-refractivity contribution in [2.24, 2.45) is 5.92 Å². The van der Waals surface area contributed by atoms with Gasteiger partial charge in [0.1, 0.15) is 5.60 Å². The largest absolute Gasteiger partial charge is 0.619 e. The van der Waals surface area contributed by atoms with E-state index >= 15 is 0 Å². The molecule has 0 bridgehead atoms. The summed E-state index contributed by atoms with van der Waals surface area (Å²) in [6.07, 6.45) is 4.28. The maximum Gasteiger partial charge on any atom is 0.339 e. The lowest BCUT2D eigenvalue weighted by Gasteiger charge is -2.35. The van der Waals surface area contributed by atoms with Crippen molar-refractivity contribution < 1.29 is 33.7 Å². The van der Waals surface area contributed by atoms with E-state index in [1.54, 1.807) is 0 Å². The first-order chi connectivity index (χ1) is 15.8. The van der Waals surface area contributed by atoms with Gasteiger partial charge in [0.05, 0.1) is 16.8 Å². The molecule has 3 aromatic rings. The molecule has 1 amide bonds. The van der Waals surface area contributed by atoms with Gasteiger partial charge in [0, 0.05) is 23.6 Å². The Labute approximate surface area is 186 Å². The van der Waals surface area contributed by atoms with Gasteiger partial charge in [-0.3, -0.25) is 9.89 Å². The van der Waals surface area contributed by atoms with Crippen molar-refractivity contribution in [2.75, 3.05) is 5.32 Å². The van der Waals surface area contributed by atoms with Crippen molar-refractivity contribution in [2.45, 2.75) is 31.3 Å². The molecule has 11 heteroatoms. The third kappa shape index (κ3) is 3.41. The van der Waals surface area contributed by atoms with E-state index in [1.807, 2.05) is 0 Å². The molecule has 5 rings (SSSR count). The molecule has 4 N–H and O–H groups in total. The second-order valence-corrected chi connectivity index (χ2v) is 8.24. The van der Waals surface area contributed by atoms with Gasteiger partial charge in [-0.1, -0.05) is 0 Å². The number of ether oxygens (including phenoxy) is 1. The number of carbonyl (C=O) groups is 2. The van der Waals surface area contributed by atoms with E-state index in [0.717, 1.165) is 6.07 Å². The lowest BCUT2D eigenvalue weighted by Crippen LogP contribution is -2.37. The van der Waals surface area contributed by atoms with Crippen molar-refractivity contribution in [1.29, 1.82) is 0 Å². The molecular formula is C22H19FN4O6. The van der Waals surface area contributed by atoms with Gasteiger partial charge < -0.3 is 25.5 Å². The average Bonchev–Trinajstić information content (AvgIpc) is 3.35. The number of esters is 1. The summed E-state index contributed by atoms with van der Waals surface area (Å²) >= 11 is 0. The standard InChI is InChI=1S/C22H19FN4O6/c23-18-13(1-2-16(28)19(18)29)15-9-17(26-25-15)24-20(30)11-3-6-22(7-4-11)14-10-27(32)8-5-12(14)21(31)33-22/h1-2,5,8-11,28-29H,3-4,6-7H2,(H2,24,25,26,30). The molecule has 2 aromatic heterocycles. The van der Waals surface area contributed by atoms with Crippen molar-refractivity contribution in [1.82, 2.24) is 10.2 Å². The van der Waals surface area contributed by atoms with Crippen LogP contribution < -0.4 is 10.0 Å². The van der Waals surface area contributed by atoms with Crippen LogP contribution in [0.2, 0.25) is 0 Å². The number of amides is 1. The number of phenolic OH excluding ortho intramolecular Hbond substituents is 2. The molecule has 1 saturated carbocycles. The van der Waals surface area contributed by atoms with Crippen LogP contribution in [-0.4, -0.2) is 32.3 Å². The molecule has 0 saturated heterocycles. The third-order valence-corrected chi connectivity index (χ3v) is 6.31. The minimum atomic E-state index is -1.01. The summed E-state index contributed by atoms with van der Waals surface area (Å²) in [5.41, 5.74) is 0.229. The molecule has 0 unspecified atom stereocenters. The number of fused-ring (bicyclic) bond motifs is 2. The topological polar surface area (TPSA) is 151 Å². The number of pyridine rings is 1. The van der Waals surface area contributed by atoms with Crippen LogP contribution in [0.5, 0.6) is 11.5 Å². The smallest absolute Gasteiger partial charge is 0.339 e. The van der Waals surface area contributed by atoms with Crippen LogP contribution in [0.4, 0.5) is 10.2 Å². The number of aromatic amines is 1. The highest BCUT2D eigenvalue weighted by Gasteiger charge is 2.50. The Hall–Kier alpha value is -4.15. The number of aromatic hydroxyl groups is 2. The summed E-state index contributed by atoms with van der Waals surface area (Å²) in [6.45, 7) is 0. The monoisotopic (exact) mass is 454 g/mol. The van der Waals surface area contributed by atoms with E-state index in [0.29, 0.717) is 41.5 Å². The number of halogens is 1. The first kappa shape index (κ1) is 20.7. The minimum Gasteiger partial charge on any atom is -0.619 e. The van der Waals surface area contributed by atoms with E-state index in [4.69, 9.17) is 4.74 Å². The van der Waals surface area contributed by atoms with Crippen LogP contribution in [0.1, 0.15) is 41.6 Å².